The summed E-state index contributed by atoms with van der Waals surface area (Å²) >= 11 is 1.24. The SMILES string of the molecule is O=C(CSc1n[nH]c(=O)n1C[C@@H]1CCCO1)Nc1cccc2ccccc12. The standard InChI is InChI=1S/C19H20N4O3S/c24-17(20-16-9-3-6-13-5-1-2-8-15(13)16)12-27-19-22-21-18(25)23(19)11-14-7-4-10-26-14/h1-3,5-6,8-9,14H,4,7,10-12H2,(H,20,24)(H,21,25)/t14-/m0/s1. The Morgan fingerprint density at radius 2 is 2.15 bits per heavy atom. The maximum absolute atomic E-state index is 12.4. The number of amides is 1. The Labute approximate surface area is 160 Å². The van der Waals surface area contributed by atoms with E-state index in [0.29, 0.717) is 11.7 Å². The van der Waals surface area contributed by atoms with Gasteiger partial charge in [-0.2, -0.15) is 0 Å². The van der Waals surface area contributed by atoms with Crippen LogP contribution in [0.3, 0.4) is 0 Å². The molecule has 1 aliphatic rings. The Hall–Kier alpha value is -2.58. The number of benzene rings is 2. The van der Waals surface area contributed by atoms with Gasteiger partial charge >= 0.3 is 5.69 Å². The lowest BCUT2D eigenvalue weighted by Crippen LogP contribution is -2.25. The predicted octanol–water partition coefficient (Wildman–Crippen LogP) is 2.63. The molecule has 1 atom stereocenters. The number of anilines is 1. The molecule has 0 radical (unpaired) electrons. The van der Waals surface area contributed by atoms with Crippen molar-refractivity contribution in [1.29, 1.82) is 0 Å². The second-order valence-corrected chi connectivity index (χ2v) is 7.36. The number of aromatic nitrogens is 3. The number of carbonyl (C=O) groups is 1. The Morgan fingerprint density at radius 1 is 1.30 bits per heavy atom. The van der Waals surface area contributed by atoms with Crippen LogP contribution in [0.4, 0.5) is 5.69 Å². The Morgan fingerprint density at radius 3 is 3.00 bits per heavy atom. The third-order valence-electron chi connectivity index (χ3n) is 4.53. The third-order valence-corrected chi connectivity index (χ3v) is 5.51. The van der Waals surface area contributed by atoms with Gasteiger partial charge in [-0.1, -0.05) is 48.2 Å². The smallest absolute Gasteiger partial charge is 0.344 e. The molecular formula is C19H20N4O3S. The zero-order chi connectivity index (χ0) is 18.6. The summed E-state index contributed by atoms with van der Waals surface area (Å²) in [7, 11) is 0. The molecule has 0 saturated carbocycles. The van der Waals surface area contributed by atoms with E-state index in [1.165, 1.54) is 11.8 Å². The normalized spacial score (nSPS) is 16.7. The van der Waals surface area contributed by atoms with E-state index in [-0.39, 0.29) is 23.5 Å². The van der Waals surface area contributed by atoms with Gasteiger partial charge in [0.15, 0.2) is 5.16 Å². The van der Waals surface area contributed by atoms with Crippen molar-refractivity contribution in [2.45, 2.75) is 30.6 Å². The average molecular weight is 384 g/mol. The maximum Gasteiger partial charge on any atom is 0.344 e. The van der Waals surface area contributed by atoms with Crippen LogP contribution in [-0.2, 0) is 16.1 Å². The van der Waals surface area contributed by atoms with Gasteiger partial charge in [-0.25, -0.2) is 9.89 Å². The fraction of sp³-hybridized carbons (Fsp3) is 0.316. The minimum Gasteiger partial charge on any atom is -0.376 e. The molecule has 4 rings (SSSR count). The van der Waals surface area contributed by atoms with Crippen molar-refractivity contribution in [3.63, 3.8) is 0 Å². The number of ether oxygens (including phenoxy) is 1. The van der Waals surface area contributed by atoms with Gasteiger partial charge in [0.25, 0.3) is 0 Å². The van der Waals surface area contributed by atoms with Gasteiger partial charge in [0.2, 0.25) is 5.91 Å². The number of H-pyrrole nitrogens is 1. The number of carbonyl (C=O) groups excluding carboxylic acids is 1. The molecule has 2 aromatic carbocycles. The number of thioether (sulfide) groups is 1. The summed E-state index contributed by atoms with van der Waals surface area (Å²) in [5.74, 6) is 0.0226. The number of nitrogens with one attached hydrogen (secondary N) is 2. The van der Waals surface area contributed by atoms with Crippen LogP contribution in [0.15, 0.2) is 52.4 Å². The maximum atomic E-state index is 12.4. The highest BCUT2D eigenvalue weighted by molar-refractivity contribution is 7.99. The van der Waals surface area contributed by atoms with Crippen LogP contribution in [0.25, 0.3) is 10.8 Å². The number of hydrogen-bond acceptors (Lipinski definition) is 5. The summed E-state index contributed by atoms with van der Waals surface area (Å²) in [6, 6.07) is 13.7. The first kappa shape index (κ1) is 17.8. The van der Waals surface area contributed by atoms with Crippen LogP contribution in [0, 0.1) is 0 Å². The molecule has 2 N–H and O–H groups in total. The largest absolute Gasteiger partial charge is 0.376 e. The molecule has 0 spiro atoms. The monoisotopic (exact) mass is 384 g/mol. The summed E-state index contributed by atoms with van der Waals surface area (Å²) in [5.41, 5.74) is 0.500. The van der Waals surface area contributed by atoms with E-state index in [9.17, 15) is 9.59 Å². The predicted molar refractivity (Wildman–Crippen MR) is 105 cm³/mol. The summed E-state index contributed by atoms with van der Waals surface area (Å²) in [5, 5.41) is 12.0. The lowest BCUT2D eigenvalue weighted by molar-refractivity contribution is -0.113. The number of aromatic amines is 1. The molecule has 1 aromatic heterocycles. The van der Waals surface area contributed by atoms with Crippen LogP contribution >= 0.6 is 11.8 Å². The molecule has 0 bridgehead atoms. The highest BCUT2D eigenvalue weighted by Gasteiger charge is 2.20. The van der Waals surface area contributed by atoms with Gasteiger partial charge in [0.1, 0.15) is 0 Å². The summed E-state index contributed by atoms with van der Waals surface area (Å²) in [4.78, 5) is 24.4. The first-order valence-corrected chi connectivity index (χ1v) is 9.86. The molecular weight excluding hydrogens is 364 g/mol. The van der Waals surface area contributed by atoms with E-state index in [1.54, 1.807) is 4.57 Å². The second kappa shape index (κ2) is 7.98. The van der Waals surface area contributed by atoms with E-state index in [4.69, 9.17) is 4.74 Å². The van der Waals surface area contributed by atoms with Crippen molar-refractivity contribution in [3.05, 3.63) is 52.9 Å². The van der Waals surface area contributed by atoms with E-state index in [1.807, 2.05) is 42.5 Å². The van der Waals surface area contributed by atoms with Crippen LogP contribution < -0.4 is 11.0 Å². The molecule has 8 heteroatoms. The van der Waals surface area contributed by atoms with Crippen LogP contribution in [0.5, 0.6) is 0 Å². The molecule has 0 unspecified atom stereocenters. The Balaban J connectivity index is 1.41. The van der Waals surface area contributed by atoms with Crippen molar-refractivity contribution in [1.82, 2.24) is 14.8 Å². The molecule has 1 saturated heterocycles. The van der Waals surface area contributed by atoms with E-state index >= 15 is 0 Å². The number of fused-ring (bicyclic) bond motifs is 1. The lowest BCUT2D eigenvalue weighted by atomic mass is 10.1. The molecule has 140 valence electrons. The van der Waals surface area contributed by atoms with Crippen molar-refractivity contribution in [3.8, 4) is 0 Å². The van der Waals surface area contributed by atoms with Crippen molar-refractivity contribution < 1.29 is 9.53 Å². The number of rotatable bonds is 6. The Kier molecular flexibility index (Phi) is 5.26. The molecule has 1 fully saturated rings. The minimum atomic E-state index is -0.275. The molecule has 3 aromatic rings. The van der Waals surface area contributed by atoms with Crippen LogP contribution in [0.1, 0.15) is 12.8 Å². The Bertz CT molecular complexity index is 1000. The number of hydrogen-bond donors (Lipinski definition) is 2. The molecule has 1 aliphatic heterocycles. The van der Waals surface area contributed by atoms with Gasteiger partial charge in [-0.3, -0.25) is 9.36 Å². The highest BCUT2D eigenvalue weighted by atomic mass is 32.2. The van der Waals surface area contributed by atoms with Gasteiger partial charge in [-0.05, 0) is 24.3 Å². The highest BCUT2D eigenvalue weighted by Crippen LogP contribution is 2.24. The average Bonchev–Trinajstić information content (AvgIpc) is 3.32. The zero-order valence-electron chi connectivity index (χ0n) is 14.7. The molecule has 0 aliphatic carbocycles. The molecule has 2 heterocycles. The fourth-order valence-electron chi connectivity index (χ4n) is 3.22. The van der Waals surface area contributed by atoms with Gasteiger partial charge in [-0.15, -0.1) is 5.10 Å². The first-order chi connectivity index (χ1) is 13.2. The molecule has 1 amide bonds. The third kappa shape index (κ3) is 4.06. The second-order valence-electron chi connectivity index (χ2n) is 6.42. The van der Waals surface area contributed by atoms with Gasteiger partial charge in [0.05, 0.1) is 18.4 Å². The molecule has 27 heavy (non-hydrogen) atoms. The number of nitrogens with zero attached hydrogens (tertiary/aromatic N) is 2. The summed E-state index contributed by atoms with van der Waals surface area (Å²) < 4.78 is 7.14. The van der Waals surface area contributed by atoms with Crippen LogP contribution in [0.2, 0.25) is 0 Å². The zero-order valence-corrected chi connectivity index (χ0v) is 15.5. The van der Waals surface area contributed by atoms with Gasteiger partial charge in [0, 0.05) is 17.7 Å². The fourth-order valence-corrected chi connectivity index (χ4v) is 3.97. The topological polar surface area (TPSA) is 89.0 Å². The van der Waals surface area contributed by atoms with E-state index in [0.717, 1.165) is 35.9 Å². The summed E-state index contributed by atoms with van der Waals surface area (Å²) in [6.45, 7) is 1.19. The van der Waals surface area contributed by atoms with Crippen molar-refractivity contribution >= 4 is 34.1 Å². The van der Waals surface area contributed by atoms with Crippen LogP contribution in [-0.4, -0.2) is 39.1 Å². The lowest BCUT2D eigenvalue weighted by Gasteiger charge is -2.11. The van der Waals surface area contributed by atoms with E-state index < -0.39 is 0 Å². The summed E-state index contributed by atoms with van der Waals surface area (Å²) in [6.07, 6.45) is 1.97. The van der Waals surface area contributed by atoms with E-state index in [2.05, 4.69) is 15.5 Å². The minimum absolute atomic E-state index is 0.0316. The van der Waals surface area contributed by atoms with Crippen molar-refractivity contribution in [2.24, 2.45) is 0 Å². The van der Waals surface area contributed by atoms with Gasteiger partial charge < -0.3 is 10.1 Å². The van der Waals surface area contributed by atoms with Crippen molar-refractivity contribution in [2.75, 3.05) is 17.7 Å². The molecule has 7 nitrogen and oxygen atoms in total. The quantitative estimate of drug-likeness (QED) is 0.638. The first-order valence-electron chi connectivity index (χ1n) is 8.88.